The number of nitrogens with two attached hydrogens (primary N) is 1. The van der Waals surface area contributed by atoms with Crippen molar-refractivity contribution in [3.63, 3.8) is 0 Å². The van der Waals surface area contributed by atoms with Crippen LogP contribution in [0.5, 0.6) is 0 Å². The summed E-state index contributed by atoms with van der Waals surface area (Å²) in [6, 6.07) is 15.6. The number of hydrogen-bond donors (Lipinski definition) is 1. The summed E-state index contributed by atoms with van der Waals surface area (Å²) in [5.74, 6) is 0.122. The Labute approximate surface area is 124 Å². The number of Topliss-reactive ketones (excluding diaryl/α,β-unsaturated/α-hetero) is 1. The Bertz CT molecular complexity index is 707. The van der Waals surface area contributed by atoms with Gasteiger partial charge in [0.1, 0.15) is 0 Å². The highest BCUT2D eigenvalue weighted by Gasteiger charge is 2.08. The molecule has 5 heteroatoms. The fourth-order valence-corrected chi connectivity index (χ4v) is 2.58. The molecule has 2 aromatic carbocycles. The maximum atomic E-state index is 11.9. The number of aryl methyl sites for hydroxylation is 1. The van der Waals surface area contributed by atoms with Crippen molar-refractivity contribution in [2.45, 2.75) is 24.2 Å². The van der Waals surface area contributed by atoms with Gasteiger partial charge in [-0.05, 0) is 30.5 Å². The van der Waals surface area contributed by atoms with E-state index in [1.54, 1.807) is 12.1 Å². The van der Waals surface area contributed by atoms with Crippen molar-refractivity contribution in [3.8, 4) is 0 Å². The van der Waals surface area contributed by atoms with Gasteiger partial charge in [-0.15, -0.1) is 0 Å². The van der Waals surface area contributed by atoms with Crippen LogP contribution in [0.4, 0.5) is 0 Å². The first-order chi connectivity index (χ1) is 9.97. The number of sulfonamides is 1. The van der Waals surface area contributed by atoms with Gasteiger partial charge >= 0.3 is 0 Å². The monoisotopic (exact) mass is 303 g/mol. The zero-order valence-corrected chi connectivity index (χ0v) is 12.3. The number of hydrogen-bond acceptors (Lipinski definition) is 3. The van der Waals surface area contributed by atoms with E-state index >= 15 is 0 Å². The lowest BCUT2D eigenvalue weighted by atomic mass is 10.0. The molecule has 0 aliphatic heterocycles. The van der Waals surface area contributed by atoms with E-state index in [0.717, 1.165) is 24.0 Å². The zero-order chi connectivity index (χ0) is 15.3. The third-order valence-corrected chi connectivity index (χ3v) is 4.15. The summed E-state index contributed by atoms with van der Waals surface area (Å²) in [6.07, 6.45) is 1.92. The molecule has 0 atom stereocenters. The van der Waals surface area contributed by atoms with E-state index in [-0.39, 0.29) is 10.7 Å². The van der Waals surface area contributed by atoms with Crippen LogP contribution in [0.2, 0.25) is 0 Å². The molecule has 2 rings (SSSR count). The quantitative estimate of drug-likeness (QED) is 0.833. The molecule has 0 spiro atoms. The maximum absolute atomic E-state index is 11.9. The molecular formula is C16H17NO3S. The Balaban J connectivity index is 1.88. The predicted molar refractivity (Wildman–Crippen MR) is 81.5 cm³/mol. The highest BCUT2D eigenvalue weighted by atomic mass is 32.2. The minimum Gasteiger partial charge on any atom is -0.294 e. The van der Waals surface area contributed by atoms with Crippen molar-refractivity contribution in [1.29, 1.82) is 0 Å². The molecule has 0 unspecified atom stereocenters. The van der Waals surface area contributed by atoms with Gasteiger partial charge in [-0.2, -0.15) is 0 Å². The van der Waals surface area contributed by atoms with Crippen molar-refractivity contribution < 1.29 is 13.2 Å². The van der Waals surface area contributed by atoms with Crippen LogP contribution in [-0.4, -0.2) is 14.2 Å². The molecule has 2 aromatic rings. The Morgan fingerprint density at radius 2 is 1.57 bits per heavy atom. The Morgan fingerprint density at radius 3 is 2.14 bits per heavy atom. The van der Waals surface area contributed by atoms with E-state index in [1.165, 1.54) is 12.1 Å². The van der Waals surface area contributed by atoms with Gasteiger partial charge < -0.3 is 0 Å². The smallest absolute Gasteiger partial charge is 0.238 e. The van der Waals surface area contributed by atoms with Crippen LogP contribution in [0.1, 0.15) is 28.8 Å². The van der Waals surface area contributed by atoms with Crippen LogP contribution < -0.4 is 5.14 Å². The fourth-order valence-electron chi connectivity index (χ4n) is 2.07. The Kier molecular flexibility index (Phi) is 4.88. The van der Waals surface area contributed by atoms with Crippen molar-refractivity contribution in [2.75, 3.05) is 0 Å². The Hall–Kier alpha value is -1.98. The van der Waals surface area contributed by atoms with Crippen LogP contribution in [0, 0.1) is 0 Å². The van der Waals surface area contributed by atoms with Gasteiger partial charge in [0.2, 0.25) is 10.0 Å². The molecule has 0 saturated carbocycles. The highest BCUT2D eigenvalue weighted by Crippen LogP contribution is 2.12. The summed E-state index contributed by atoms with van der Waals surface area (Å²) in [5.41, 5.74) is 1.71. The van der Waals surface area contributed by atoms with E-state index in [2.05, 4.69) is 0 Å². The Morgan fingerprint density at radius 1 is 0.952 bits per heavy atom. The van der Waals surface area contributed by atoms with Crippen molar-refractivity contribution >= 4 is 15.8 Å². The largest absolute Gasteiger partial charge is 0.294 e. The van der Waals surface area contributed by atoms with E-state index in [1.807, 2.05) is 30.3 Å². The molecule has 0 aliphatic carbocycles. The first-order valence-electron chi connectivity index (χ1n) is 6.67. The second-order valence-corrected chi connectivity index (χ2v) is 6.39. The van der Waals surface area contributed by atoms with E-state index < -0.39 is 10.0 Å². The maximum Gasteiger partial charge on any atom is 0.238 e. The molecule has 110 valence electrons. The van der Waals surface area contributed by atoms with Gasteiger partial charge in [0, 0.05) is 12.0 Å². The molecule has 0 heterocycles. The highest BCUT2D eigenvalue weighted by molar-refractivity contribution is 7.89. The van der Waals surface area contributed by atoms with Crippen molar-refractivity contribution in [2.24, 2.45) is 5.14 Å². The average Bonchev–Trinajstić information content (AvgIpc) is 2.47. The normalized spacial score (nSPS) is 11.3. The van der Waals surface area contributed by atoms with Gasteiger partial charge in [0.25, 0.3) is 0 Å². The molecule has 21 heavy (non-hydrogen) atoms. The summed E-state index contributed by atoms with van der Waals surface area (Å²) < 4.78 is 22.3. The van der Waals surface area contributed by atoms with Crippen LogP contribution in [0.3, 0.4) is 0 Å². The predicted octanol–water partition coefficient (Wildman–Crippen LogP) is 2.54. The lowest BCUT2D eigenvalue weighted by Gasteiger charge is -2.03. The summed E-state index contributed by atoms with van der Waals surface area (Å²) in [4.78, 5) is 12.0. The van der Waals surface area contributed by atoms with E-state index in [0.29, 0.717) is 6.42 Å². The molecule has 0 aromatic heterocycles. The molecule has 0 amide bonds. The van der Waals surface area contributed by atoms with E-state index in [9.17, 15) is 13.2 Å². The van der Waals surface area contributed by atoms with Gasteiger partial charge in [0.05, 0.1) is 4.90 Å². The average molecular weight is 303 g/mol. The molecule has 0 fully saturated rings. The topological polar surface area (TPSA) is 77.2 Å². The summed E-state index contributed by atoms with van der Waals surface area (Å²) in [6.45, 7) is 0. The summed E-state index contributed by atoms with van der Waals surface area (Å²) in [5, 5.41) is 5.04. The number of rotatable bonds is 6. The molecular weight excluding hydrogens is 286 g/mol. The standard InChI is InChI=1S/C16H17NO3S/c17-21(19,20)15-11-9-13(10-12-15)5-4-8-16(18)14-6-2-1-3-7-14/h1-3,6-7,9-12H,4-5,8H2,(H2,17,19,20). The van der Waals surface area contributed by atoms with Gasteiger partial charge in [-0.3, -0.25) is 4.79 Å². The van der Waals surface area contributed by atoms with Gasteiger partial charge in [0.15, 0.2) is 5.78 Å². The minimum atomic E-state index is -3.64. The molecule has 4 nitrogen and oxygen atoms in total. The molecule has 0 saturated heterocycles. The first kappa shape index (κ1) is 15.4. The van der Waals surface area contributed by atoms with Crippen LogP contribution >= 0.6 is 0 Å². The number of ketones is 1. The van der Waals surface area contributed by atoms with Crippen molar-refractivity contribution in [3.05, 3.63) is 65.7 Å². The zero-order valence-electron chi connectivity index (χ0n) is 11.5. The fraction of sp³-hybridized carbons (Fsp3) is 0.188. The van der Waals surface area contributed by atoms with Gasteiger partial charge in [-0.1, -0.05) is 42.5 Å². The third kappa shape index (κ3) is 4.51. The molecule has 0 bridgehead atoms. The molecule has 0 aliphatic rings. The van der Waals surface area contributed by atoms with Crippen LogP contribution in [0.15, 0.2) is 59.5 Å². The summed E-state index contributed by atoms with van der Waals surface area (Å²) in [7, 11) is -3.64. The van der Waals surface area contributed by atoms with Crippen LogP contribution in [0.25, 0.3) is 0 Å². The van der Waals surface area contributed by atoms with Gasteiger partial charge in [-0.25, -0.2) is 13.6 Å². The number of primary sulfonamides is 1. The lowest BCUT2D eigenvalue weighted by Crippen LogP contribution is -2.11. The first-order valence-corrected chi connectivity index (χ1v) is 8.21. The second-order valence-electron chi connectivity index (χ2n) is 4.83. The molecule has 0 radical (unpaired) electrons. The molecule has 2 N–H and O–H groups in total. The van der Waals surface area contributed by atoms with Crippen molar-refractivity contribution in [1.82, 2.24) is 0 Å². The van der Waals surface area contributed by atoms with E-state index in [4.69, 9.17) is 5.14 Å². The SMILES string of the molecule is NS(=O)(=O)c1ccc(CCCC(=O)c2ccccc2)cc1. The third-order valence-electron chi connectivity index (χ3n) is 3.22. The summed E-state index contributed by atoms with van der Waals surface area (Å²) >= 11 is 0. The lowest BCUT2D eigenvalue weighted by molar-refractivity contribution is 0.0980. The number of carbonyl (C=O) groups excluding carboxylic acids is 1. The number of benzene rings is 2. The second kappa shape index (κ2) is 6.65. The van der Waals surface area contributed by atoms with Crippen LogP contribution in [-0.2, 0) is 16.4 Å². The minimum absolute atomic E-state index is 0.103. The number of carbonyl (C=O) groups is 1.